The van der Waals surface area contributed by atoms with Gasteiger partial charge in [-0.25, -0.2) is 0 Å². The summed E-state index contributed by atoms with van der Waals surface area (Å²) in [6, 6.07) is 23.9. The fourth-order valence-electron chi connectivity index (χ4n) is 4.03. The van der Waals surface area contributed by atoms with Crippen LogP contribution >= 0.6 is 21.6 Å². The van der Waals surface area contributed by atoms with Gasteiger partial charge in [-0.1, -0.05) is 45.9 Å². The van der Waals surface area contributed by atoms with E-state index in [-0.39, 0.29) is 11.1 Å². The van der Waals surface area contributed by atoms with E-state index in [1.54, 1.807) is 72.8 Å². The highest BCUT2D eigenvalue weighted by Crippen LogP contribution is 2.40. The van der Waals surface area contributed by atoms with Crippen LogP contribution < -0.4 is 21.3 Å². The molecule has 12 nitrogen and oxygen atoms in total. The Kier molecular flexibility index (Phi) is 12.0. The van der Waals surface area contributed by atoms with Crippen molar-refractivity contribution in [2.24, 2.45) is 0 Å². The monoisotopic (exact) mass is 686 g/mol. The van der Waals surface area contributed by atoms with Gasteiger partial charge in [0.05, 0.1) is 11.1 Å². The number of carbonyl (C=O) groups excluding carboxylic acids is 4. The molecule has 4 aromatic carbocycles. The Morgan fingerprint density at radius 3 is 1.17 bits per heavy atom. The molecule has 246 valence electrons. The van der Waals surface area contributed by atoms with E-state index in [9.17, 15) is 28.8 Å². The minimum atomic E-state index is -1.16. The van der Waals surface area contributed by atoms with Crippen LogP contribution in [0.25, 0.3) is 0 Å². The third-order valence-corrected chi connectivity index (χ3v) is 9.21. The van der Waals surface area contributed by atoms with Crippen molar-refractivity contribution in [1.29, 1.82) is 0 Å². The molecule has 4 amide bonds. The maximum absolute atomic E-state index is 13.2. The van der Waals surface area contributed by atoms with Gasteiger partial charge in [-0.15, -0.1) is 0 Å². The average Bonchev–Trinajstić information content (AvgIpc) is 3.08. The minimum absolute atomic E-state index is 0.239. The minimum Gasteiger partial charge on any atom is -0.480 e. The summed E-state index contributed by atoms with van der Waals surface area (Å²) in [7, 11) is 2.58. The lowest BCUT2D eigenvalue weighted by atomic mass is 10.1. The van der Waals surface area contributed by atoms with Crippen molar-refractivity contribution >= 4 is 68.5 Å². The highest BCUT2D eigenvalue weighted by molar-refractivity contribution is 8.76. The van der Waals surface area contributed by atoms with E-state index < -0.39 is 47.7 Å². The Balaban J connectivity index is 1.39. The molecule has 48 heavy (non-hydrogen) atoms. The van der Waals surface area contributed by atoms with Crippen LogP contribution in [0.5, 0.6) is 0 Å². The zero-order chi connectivity index (χ0) is 34.8. The molecule has 2 atom stereocenters. The number of anilines is 2. The molecule has 0 bridgehead atoms. The molecule has 0 heterocycles. The highest BCUT2D eigenvalue weighted by atomic mass is 33.1. The zero-order valence-corrected chi connectivity index (χ0v) is 27.2. The zero-order valence-electron chi connectivity index (χ0n) is 25.6. The molecule has 0 aliphatic rings. The first-order valence-electron chi connectivity index (χ1n) is 14.4. The fraction of sp³-hybridized carbons (Fsp3) is 0.118. The van der Waals surface area contributed by atoms with Crippen molar-refractivity contribution in [3.8, 4) is 0 Å². The van der Waals surface area contributed by atoms with Gasteiger partial charge in [0.1, 0.15) is 12.1 Å². The molecule has 0 radical (unpaired) electrons. The van der Waals surface area contributed by atoms with Crippen molar-refractivity contribution in [3.63, 3.8) is 0 Å². The molecule has 0 saturated heterocycles. The van der Waals surface area contributed by atoms with Gasteiger partial charge in [0.15, 0.2) is 0 Å². The van der Waals surface area contributed by atoms with Crippen LogP contribution in [0.15, 0.2) is 107 Å². The topological polar surface area (TPSA) is 191 Å². The molecule has 6 N–H and O–H groups in total. The molecule has 0 saturated carbocycles. The number of carbonyl (C=O) groups is 6. The molecule has 0 fully saturated rings. The molecule has 2 unspecified atom stereocenters. The molecule has 0 aromatic heterocycles. The predicted octanol–water partition coefficient (Wildman–Crippen LogP) is 5.40. The number of hydrogen-bond acceptors (Lipinski definition) is 8. The standard InChI is InChI=1S/C34H30N4O8S2/c1-19(33(43)44)35-29(39)21-11-15-23(16-12-21)37-31(41)25-7-3-5-9-27(25)47-48-28-10-6-4-8-26(28)32(42)38-24-17-13-22(14-18-24)30(40)36-20(2)34(45)46/h3-20H,1-2H3,(H,35,39)(H,36,40)(H,37,41)(H,38,42)(H,43,44)(H,45,46). The summed E-state index contributed by atoms with van der Waals surface area (Å²) in [5.41, 5.74) is 2.11. The van der Waals surface area contributed by atoms with Gasteiger partial charge in [-0.05, 0) is 86.6 Å². The van der Waals surface area contributed by atoms with Crippen LogP contribution in [0.3, 0.4) is 0 Å². The summed E-state index contributed by atoms with van der Waals surface area (Å²) in [5.74, 6) is -4.21. The SMILES string of the molecule is CC(NC(=O)c1ccc(NC(=O)c2ccccc2SSc2ccccc2C(=O)Nc2ccc(C(=O)NC(C)C(=O)O)cc2)cc1)C(=O)O. The van der Waals surface area contributed by atoms with E-state index >= 15 is 0 Å². The molecular formula is C34H30N4O8S2. The first kappa shape index (κ1) is 35.3. The first-order valence-corrected chi connectivity index (χ1v) is 16.5. The van der Waals surface area contributed by atoms with Gasteiger partial charge in [0, 0.05) is 32.3 Å². The van der Waals surface area contributed by atoms with Gasteiger partial charge in [0.2, 0.25) is 0 Å². The van der Waals surface area contributed by atoms with Crippen LogP contribution in [-0.4, -0.2) is 57.9 Å². The Morgan fingerprint density at radius 2 is 0.833 bits per heavy atom. The molecular weight excluding hydrogens is 657 g/mol. The van der Waals surface area contributed by atoms with E-state index in [1.165, 1.54) is 59.7 Å². The second-order valence-corrected chi connectivity index (χ2v) is 12.5. The van der Waals surface area contributed by atoms with E-state index in [4.69, 9.17) is 10.2 Å². The average molecular weight is 687 g/mol. The van der Waals surface area contributed by atoms with Gasteiger partial charge in [-0.3, -0.25) is 28.8 Å². The Labute approximate surface area is 283 Å². The molecule has 0 spiro atoms. The van der Waals surface area contributed by atoms with E-state index in [0.29, 0.717) is 32.3 Å². The normalized spacial score (nSPS) is 11.8. The smallest absolute Gasteiger partial charge is 0.325 e. The van der Waals surface area contributed by atoms with Crippen molar-refractivity contribution < 1.29 is 39.0 Å². The summed E-state index contributed by atoms with van der Waals surface area (Å²) in [5, 5.41) is 28.3. The van der Waals surface area contributed by atoms with Gasteiger partial charge >= 0.3 is 11.9 Å². The predicted molar refractivity (Wildman–Crippen MR) is 183 cm³/mol. The third-order valence-electron chi connectivity index (χ3n) is 6.73. The highest BCUT2D eigenvalue weighted by Gasteiger charge is 2.19. The summed E-state index contributed by atoms with van der Waals surface area (Å²) < 4.78 is 0. The second kappa shape index (κ2) is 16.3. The van der Waals surface area contributed by atoms with Crippen LogP contribution in [0.4, 0.5) is 11.4 Å². The van der Waals surface area contributed by atoms with Crippen LogP contribution in [-0.2, 0) is 9.59 Å². The largest absolute Gasteiger partial charge is 0.480 e. The van der Waals surface area contributed by atoms with Crippen molar-refractivity contribution in [2.45, 2.75) is 35.7 Å². The van der Waals surface area contributed by atoms with Gasteiger partial charge < -0.3 is 31.5 Å². The van der Waals surface area contributed by atoms with Crippen molar-refractivity contribution in [2.75, 3.05) is 10.6 Å². The van der Waals surface area contributed by atoms with E-state index in [0.717, 1.165) is 0 Å². The second-order valence-electron chi connectivity index (χ2n) is 10.3. The third kappa shape index (κ3) is 9.47. The molecule has 4 rings (SSSR count). The molecule has 0 aliphatic heterocycles. The lowest BCUT2D eigenvalue weighted by Crippen LogP contribution is -2.38. The quantitative estimate of drug-likeness (QED) is 0.0994. The number of aliphatic carboxylic acids is 2. The maximum atomic E-state index is 13.2. The summed E-state index contributed by atoms with van der Waals surface area (Å²) in [6.07, 6.45) is 0. The Bertz CT molecular complexity index is 1710. The van der Waals surface area contributed by atoms with Crippen LogP contribution in [0, 0.1) is 0 Å². The number of nitrogens with one attached hydrogen (secondary N) is 4. The number of carboxylic acids is 2. The number of amides is 4. The van der Waals surface area contributed by atoms with Crippen molar-refractivity contribution in [3.05, 3.63) is 119 Å². The van der Waals surface area contributed by atoms with Gasteiger partial charge in [0.25, 0.3) is 23.6 Å². The molecule has 0 aliphatic carbocycles. The first-order chi connectivity index (χ1) is 22.9. The molecule has 4 aromatic rings. The van der Waals surface area contributed by atoms with E-state index in [1.807, 2.05) is 0 Å². The number of rotatable bonds is 13. The molecule has 14 heteroatoms. The van der Waals surface area contributed by atoms with Crippen LogP contribution in [0.1, 0.15) is 55.3 Å². The Morgan fingerprint density at radius 1 is 0.500 bits per heavy atom. The summed E-state index contributed by atoms with van der Waals surface area (Å²) in [4.78, 5) is 74.3. The lowest BCUT2D eigenvalue weighted by Gasteiger charge is -2.13. The summed E-state index contributed by atoms with van der Waals surface area (Å²) in [6.45, 7) is 2.71. The summed E-state index contributed by atoms with van der Waals surface area (Å²) >= 11 is 0. The lowest BCUT2D eigenvalue weighted by molar-refractivity contribution is -0.139. The Hall–Kier alpha value is -5.60. The number of hydrogen-bond donors (Lipinski definition) is 6. The number of benzene rings is 4. The fourth-order valence-corrected chi connectivity index (χ4v) is 6.39. The maximum Gasteiger partial charge on any atom is 0.325 e. The van der Waals surface area contributed by atoms with Crippen LogP contribution in [0.2, 0.25) is 0 Å². The van der Waals surface area contributed by atoms with Crippen molar-refractivity contribution in [1.82, 2.24) is 10.6 Å². The number of carboxylic acid groups (broad SMARTS) is 2. The van der Waals surface area contributed by atoms with E-state index in [2.05, 4.69) is 21.3 Å². The van der Waals surface area contributed by atoms with Gasteiger partial charge in [-0.2, -0.15) is 0 Å².